The third-order valence-corrected chi connectivity index (χ3v) is 5.99. The predicted octanol–water partition coefficient (Wildman–Crippen LogP) is 4.79. The summed E-state index contributed by atoms with van der Waals surface area (Å²) in [5.74, 6) is -0.688. The van der Waals surface area contributed by atoms with Crippen LogP contribution in [0.3, 0.4) is 0 Å². The number of anilines is 1. The van der Waals surface area contributed by atoms with Gasteiger partial charge in [0.25, 0.3) is 0 Å². The first-order valence-electron chi connectivity index (χ1n) is 9.12. The average molecular weight is 418 g/mol. The fraction of sp³-hybridized carbons (Fsp3) is 0.0870. The highest BCUT2D eigenvalue weighted by Gasteiger charge is 2.26. The molecular formula is C23H18N2O4S. The zero-order valence-electron chi connectivity index (χ0n) is 16.3. The Morgan fingerprint density at radius 1 is 1.07 bits per heavy atom. The SMILES string of the molecule is COc1ccc(C(=O)c2sc3nc(C)c(C(=O)O)c(-c4ccccc4)c3c2N)cc1. The van der Waals surface area contributed by atoms with Crippen LogP contribution in [-0.4, -0.2) is 29.0 Å². The van der Waals surface area contributed by atoms with E-state index in [4.69, 9.17) is 10.5 Å². The van der Waals surface area contributed by atoms with Crippen LogP contribution >= 0.6 is 11.3 Å². The molecule has 2 aromatic carbocycles. The van der Waals surface area contributed by atoms with Crippen LogP contribution in [0.15, 0.2) is 54.6 Å². The van der Waals surface area contributed by atoms with Gasteiger partial charge in [-0.2, -0.15) is 0 Å². The summed E-state index contributed by atoms with van der Waals surface area (Å²) in [5.41, 5.74) is 8.77. The lowest BCUT2D eigenvalue weighted by Crippen LogP contribution is -2.06. The molecule has 7 heteroatoms. The number of carboxylic acid groups (broad SMARTS) is 1. The number of carbonyl (C=O) groups excluding carboxylic acids is 1. The van der Waals surface area contributed by atoms with Crippen molar-refractivity contribution in [2.24, 2.45) is 0 Å². The number of hydrogen-bond acceptors (Lipinski definition) is 6. The molecule has 0 aliphatic carbocycles. The molecule has 0 amide bonds. The van der Waals surface area contributed by atoms with Gasteiger partial charge in [0, 0.05) is 16.5 Å². The standard InChI is InChI=1S/C23H18N2O4S/c1-12-16(23(27)28)17(13-6-4-3-5-7-13)18-19(24)21(30-22(18)25-12)20(26)14-8-10-15(29-2)11-9-14/h3-11H,24H2,1-2H3,(H,27,28). The summed E-state index contributed by atoms with van der Waals surface area (Å²) < 4.78 is 5.14. The Labute approximate surface area is 176 Å². The van der Waals surface area contributed by atoms with Crippen LogP contribution < -0.4 is 10.5 Å². The lowest BCUT2D eigenvalue weighted by atomic mass is 9.95. The van der Waals surface area contributed by atoms with E-state index in [0.717, 1.165) is 0 Å². The Morgan fingerprint density at radius 2 is 1.73 bits per heavy atom. The third kappa shape index (κ3) is 3.19. The number of aryl methyl sites for hydroxylation is 1. The number of ether oxygens (including phenoxy) is 1. The van der Waals surface area contributed by atoms with Crippen molar-refractivity contribution in [3.05, 3.63) is 76.3 Å². The van der Waals surface area contributed by atoms with Crippen LogP contribution in [0, 0.1) is 6.92 Å². The van der Waals surface area contributed by atoms with Crippen molar-refractivity contribution in [1.29, 1.82) is 0 Å². The molecule has 6 nitrogen and oxygen atoms in total. The quantitative estimate of drug-likeness (QED) is 0.452. The number of aromatic carboxylic acids is 1. The van der Waals surface area contributed by atoms with Gasteiger partial charge in [0.2, 0.25) is 5.78 Å². The summed E-state index contributed by atoms with van der Waals surface area (Å²) in [4.78, 5) is 30.5. The van der Waals surface area contributed by atoms with Gasteiger partial charge in [0.1, 0.15) is 15.5 Å². The molecule has 0 saturated heterocycles. The van der Waals surface area contributed by atoms with E-state index < -0.39 is 5.97 Å². The number of carbonyl (C=O) groups is 2. The maximum absolute atomic E-state index is 13.1. The van der Waals surface area contributed by atoms with E-state index in [2.05, 4.69) is 4.98 Å². The fourth-order valence-electron chi connectivity index (χ4n) is 3.46. The Balaban J connectivity index is 1.98. The van der Waals surface area contributed by atoms with Gasteiger partial charge in [-0.15, -0.1) is 11.3 Å². The van der Waals surface area contributed by atoms with E-state index >= 15 is 0 Å². The van der Waals surface area contributed by atoms with Gasteiger partial charge in [-0.25, -0.2) is 9.78 Å². The van der Waals surface area contributed by atoms with E-state index in [0.29, 0.717) is 43.2 Å². The Kier molecular flexibility index (Phi) is 4.97. The van der Waals surface area contributed by atoms with Gasteiger partial charge in [-0.05, 0) is 36.8 Å². The van der Waals surface area contributed by atoms with E-state index in [1.807, 2.05) is 30.3 Å². The summed E-state index contributed by atoms with van der Waals surface area (Å²) in [7, 11) is 1.56. The Morgan fingerprint density at radius 3 is 2.33 bits per heavy atom. The average Bonchev–Trinajstić information content (AvgIpc) is 3.08. The molecule has 150 valence electrons. The number of nitrogens with zero attached hydrogens (tertiary/aromatic N) is 1. The van der Waals surface area contributed by atoms with Gasteiger partial charge in [-0.3, -0.25) is 4.79 Å². The van der Waals surface area contributed by atoms with Gasteiger partial charge in [0.15, 0.2) is 0 Å². The zero-order chi connectivity index (χ0) is 21.4. The molecule has 0 aliphatic heterocycles. The normalized spacial score (nSPS) is 10.9. The third-order valence-electron chi connectivity index (χ3n) is 4.89. The van der Waals surface area contributed by atoms with Crippen molar-refractivity contribution < 1.29 is 19.4 Å². The number of carboxylic acids is 1. The van der Waals surface area contributed by atoms with Crippen molar-refractivity contribution in [1.82, 2.24) is 4.98 Å². The number of methoxy groups -OCH3 is 1. The second kappa shape index (κ2) is 7.61. The van der Waals surface area contributed by atoms with Crippen LogP contribution in [-0.2, 0) is 0 Å². The van der Waals surface area contributed by atoms with E-state index in [1.54, 1.807) is 38.3 Å². The van der Waals surface area contributed by atoms with Crippen molar-refractivity contribution in [3.8, 4) is 16.9 Å². The molecule has 0 saturated carbocycles. The van der Waals surface area contributed by atoms with Crippen LogP contribution in [0.1, 0.15) is 31.3 Å². The van der Waals surface area contributed by atoms with E-state index in [9.17, 15) is 14.7 Å². The number of aromatic nitrogens is 1. The molecule has 0 radical (unpaired) electrons. The fourth-order valence-corrected chi connectivity index (χ4v) is 4.58. The Hall–Kier alpha value is -3.71. The van der Waals surface area contributed by atoms with Gasteiger partial charge < -0.3 is 15.6 Å². The molecule has 30 heavy (non-hydrogen) atoms. The number of rotatable bonds is 5. The molecule has 0 aliphatic rings. The first-order valence-corrected chi connectivity index (χ1v) is 9.94. The molecule has 3 N–H and O–H groups in total. The molecule has 0 spiro atoms. The number of nitrogen functional groups attached to an aromatic ring is 1. The number of ketones is 1. The number of benzene rings is 2. The van der Waals surface area contributed by atoms with Gasteiger partial charge >= 0.3 is 5.97 Å². The molecule has 4 aromatic rings. The van der Waals surface area contributed by atoms with E-state index in [-0.39, 0.29) is 17.0 Å². The largest absolute Gasteiger partial charge is 0.497 e. The highest BCUT2D eigenvalue weighted by molar-refractivity contribution is 7.21. The van der Waals surface area contributed by atoms with E-state index in [1.165, 1.54) is 11.3 Å². The molecular weight excluding hydrogens is 400 g/mol. The first kappa shape index (κ1) is 19.6. The lowest BCUT2D eigenvalue weighted by molar-refractivity contribution is 0.0696. The monoisotopic (exact) mass is 418 g/mol. The minimum Gasteiger partial charge on any atom is -0.497 e. The topological polar surface area (TPSA) is 103 Å². The maximum atomic E-state index is 13.1. The minimum absolute atomic E-state index is 0.0849. The molecule has 0 atom stereocenters. The predicted molar refractivity (Wildman–Crippen MR) is 118 cm³/mol. The zero-order valence-corrected chi connectivity index (χ0v) is 17.1. The molecule has 2 heterocycles. The van der Waals surface area contributed by atoms with Gasteiger partial charge in [-0.1, -0.05) is 30.3 Å². The summed E-state index contributed by atoms with van der Waals surface area (Å²) >= 11 is 1.17. The second-order valence-electron chi connectivity index (χ2n) is 6.70. The highest BCUT2D eigenvalue weighted by atomic mass is 32.1. The summed E-state index contributed by atoms with van der Waals surface area (Å²) in [6, 6.07) is 15.9. The number of thiophene rings is 1. The highest BCUT2D eigenvalue weighted by Crippen LogP contribution is 2.42. The number of fused-ring (bicyclic) bond motifs is 1. The summed E-state index contributed by atoms with van der Waals surface area (Å²) in [5, 5.41) is 10.3. The number of nitrogens with two attached hydrogens (primary N) is 1. The first-order chi connectivity index (χ1) is 14.4. The molecule has 0 unspecified atom stereocenters. The summed E-state index contributed by atoms with van der Waals surface area (Å²) in [6.45, 7) is 1.65. The maximum Gasteiger partial charge on any atom is 0.338 e. The van der Waals surface area contributed by atoms with Crippen molar-refractivity contribution in [2.75, 3.05) is 12.8 Å². The molecule has 0 fully saturated rings. The van der Waals surface area contributed by atoms with Gasteiger partial charge in [0.05, 0.1) is 24.1 Å². The van der Waals surface area contributed by atoms with Crippen molar-refractivity contribution in [2.45, 2.75) is 6.92 Å². The van der Waals surface area contributed by atoms with Crippen LogP contribution in [0.4, 0.5) is 5.69 Å². The van der Waals surface area contributed by atoms with Crippen molar-refractivity contribution >= 4 is 39.0 Å². The molecule has 4 rings (SSSR count). The molecule has 2 aromatic heterocycles. The number of pyridine rings is 1. The van der Waals surface area contributed by atoms with Crippen molar-refractivity contribution in [3.63, 3.8) is 0 Å². The van der Waals surface area contributed by atoms with Crippen LogP contribution in [0.2, 0.25) is 0 Å². The summed E-state index contributed by atoms with van der Waals surface area (Å²) in [6.07, 6.45) is 0. The van der Waals surface area contributed by atoms with Crippen LogP contribution in [0.25, 0.3) is 21.3 Å². The lowest BCUT2D eigenvalue weighted by Gasteiger charge is -2.11. The number of hydrogen-bond donors (Lipinski definition) is 2. The molecule has 0 bridgehead atoms. The second-order valence-corrected chi connectivity index (χ2v) is 7.70. The minimum atomic E-state index is -1.09. The smallest absolute Gasteiger partial charge is 0.338 e. The van der Waals surface area contributed by atoms with Crippen LogP contribution in [0.5, 0.6) is 5.75 Å². The Bertz CT molecular complexity index is 1280.